The van der Waals surface area contributed by atoms with Crippen molar-refractivity contribution in [2.75, 3.05) is 11.5 Å². The summed E-state index contributed by atoms with van der Waals surface area (Å²) in [7, 11) is 0. The molecule has 162 valence electrons. The van der Waals surface area contributed by atoms with Crippen molar-refractivity contribution in [3.05, 3.63) is 100 Å². The maximum absolute atomic E-state index is 13.2. The molecule has 4 rings (SSSR count). The molecule has 1 N–H and O–H groups in total. The fourth-order valence-electron chi connectivity index (χ4n) is 3.94. The Labute approximate surface area is 191 Å². The summed E-state index contributed by atoms with van der Waals surface area (Å²) in [5.74, 6) is -1.10. The van der Waals surface area contributed by atoms with E-state index >= 15 is 0 Å². The lowest BCUT2D eigenvalue weighted by Crippen LogP contribution is -2.29. The van der Waals surface area contributed by atoms with E-state index in [1.54, 1.807) is 48.5 Å². The first-order valence-electron chi connectivity index (χ1n) is 10.3. The van der Waals surface area contributed by atoms with Crippen molar-refractivity contribution in [3.63, 3.8) is 0 Å². The van der Waals surface area contributed by atoms with Crippen molar-refractivity contribution >= 4 is 34.7 Å². The second kappa shape index (κ2) is 8.89. The Morgan fingerprint density at radius 2 is 1.75 bits per heavy atom. The number of aliphatic hydroxyl groups is 1. The summed E-state index contributed by atoms with van der Waals surface area (Å²) in [5.41, 5.74) is 2.61. The Hall–Kier alpha value is -3.57. The van der Waals surface area contributed by atoms with E-state index in [0.29, 0.717) is 28.6 Å². The molecule has 0 aromatic heterocycles. The maximum Gasteiger partial charge on any atom is 0.300 e. The lowest BCUT2D eigenvalue weighted by Gasteiger charge is -2.27. The third kappa shape index (κ3) is 3.87. The Morgan fingerprint density at radius 3 is 2.44 bits per heavy atom. The number of aliphatic hydroxyl groups excluding tert-OH is 1. The van der Waals surface area contributed by atoms with Crippen LogP contribution in [0, 0.1) is 6.92 Å². The van der Waals surface area contributed by atoms with Crippen LogP contribution in [0.1, 0.15) is 29.7 Å². The molecule has 32 heavy (non-hydrogen) atoms. The zero-order valence-electron chi connectivity index (χ0n) is 17.7. The van der Waals surface area contributed by atoms with Gasteiger partial charge in [-0.25, -0.2) is 0 Å². The van der Waals surface area contributed by atoms with Crippen molar-refractivity contribution in [1.29, 1.82) is 0 Å². The molecule has 0 spiro atoms. The molecule has 3 aromatic carbocycles. The number of hydrogen-bond donors (Lipinski definition) is 1. The largest absolute Gasteiger partial charge is 0.507 e. The number of Topliss-reactive ketones (excluding diaryl/α,β-unsaturated/α-hetero) is 1. The molecule has 1 saturated heterocycles. The number of aryl methyl sites for hydroxylation is 1. The van der Waals surface area contributed by atoms with Gasteiger partial charge in [0.25, 0.3) is 11.7 Å². The number of anilines is 1. The van der Waals surface area contributed by atoms with Crippen LogP contribution in [0.2, 0.25) is 5.02 Å². The maximum atomic E-state index is 13.2. The third-order valence-electron chi connectivity index (χ3n) is 5.45. The topological polar surface area (TPSA) is 66.8 Å². The molecule has 1 atom stereocenters. The highest BCUT2D eigenvalue weighted by Gasteiger charge is 2.47. The lowest BCUT2D eigenvalue weighted by atomic mass is 9.92. The number of carbonyl (C=O) groups excluding carboxylic acids is 2. The van der Waals surface area contributed by atoms with Gasteiger partial charge in [-0.3, -0.25) is 14.5 Å². The van der Waals surface area contributed by atoms with Crippen LogP contribution < -0.4 is 9.64 Å². The fraction of sp³-hybridized carbons (Fsp3) is 0.154. The van der Waals surface area contributed by atoms with Gasteiger partial charge in [0.2, 0.25) is 0 Å². The van der Waals surface area contributed by atoms with Gasteiger partial charge in [-0.15, -0.1) is 0 Å². The van der Waals surface area contributed by atoms with Crippen LogP contribution in [-0.4, -0.2) is 23.4 Å². The van der Waals surface area contributed by atoms with Gasteiger partial charge in [0.1, 0.15) is 11.5 Å². The van der Waals surface area contributed by atoms with E-state index in [2.05, 4.69) is 0 Å². The third-order valence-corrected chi connectivity index (χ3v) is 5.70. The smallest absolute Gasteiger partial charge is 0.300 e. The molecule has 0 radical (unpaired) electrons. The fourth-order valence-corrected chi connectivity index (χ4v) is 4.07. The first-order chi connectivity index (χ1) is 15.4. The molecule has 1 amide bonds. The van der Waals surface area contributed by atoms with Crippen molar-refractivity contribution in [1.82, 2.24) is 0 Å². The van der Waals surface area contributed by atoms with E-state index in [9.17, 15) is 14.7 Å². The van der Waals surface area contributed by atoms with E-state index in [0.717, 1.165) is 11.1 Å². The molecule has 1 aliphatic rings. The van der Waals surface area contributed by atoms with Gasteiger partial charge in [0.05, 0.1) is 18.2 Å². The summed E-state index contributed by atoms with van der Waals surface area (Å²) in [4.78, 5) is 27.9. The zero-order chi connectivity index (χ0) is 22.8. The zero-order valence-corrected chi connectivity index (χ0v) is 18.5. The average Bonchev–Trinajstić information content (AvgIpc) is 3.05. The van der Waals surface area contributed by atoms with E-state index in [4.69, 9.17) is 16.3 Å². The van der Waals surface area contributed by atoms with Crippen LogP contribution in [0.5, 0.6) is 5.75 Å². The second-order valence-corrected chi connectivity index (χ2v) is 7.90. The Balaban J connectivity index is 1.94. The average molecular weight is 448 g/mol. The molecule has 0 bridgehead atoms. The van der Waals surface area contributed by atoms with Gasteiger partial charge in [-0.2, -0.15) is 0 Å². The molecule has 3 aromatic rings. The number of ether oxygens (including phenoxy) is 1. The normalized spacial score (nSPS) is 17.6. The van der Waals surface area contributed by atoms with E-state index in [1.165, 1.54) is 4.90 Å². The Bertz CT molecular complexity index is 1220. The van der Waals surface area contributed by atoms with Gasteiger partial charge in [0.15, 0.2) is 0 Å². The monoisotopic (exact) mass is 447 g/mol. The number of halogens is 1. The summed E-state index contributed by atoms with van der Waals surface area (Å²) >= 11 is 5.98. The number of carbonyl (C=O) groups is 2. The van der Waals surface area contributed by atoms with Crippen LogP contribution in [0.4, 0.5) is 5.69 Å². The van der Waals surface area contributed by atoms with Crippen LogP contribution >= 0.6 is 11.6 Å². The first-order valence-corrected chi connectivity index (χ1v) is 10.7. The van der Waals surface area contributed by atoms with E-state index in [1.807, 2.05) is 38.1 Å². The number of amides is 1. The highest BCUT2D eigenvalue weighted by molar-refractivity contribution is 6.51. The highest BCUT2D eigenvalue weighted by atomic mass is 35.5. The minimum Gasteiger partial charge on any atom is -0.507 e. The van der Waals surface area contributed by atoms with Crippen molar-refractivity contribution in [2.24, 2.45) is 0 Å². The summed E-state index contributed by atoms with van der Waals surface area (Å²) in [5, 5.41) is 11.6. The lowest BCUT2D eigenvalue weighted by molar-refractivity contribution is -0.132. The van der Waals surface area contributed by atoms with Gasteiger partial charge in [-0.05, 0) is 61.4 Å². The van der Waals surface area contributed by atoms with Crippen LogP contribution in [-0.2, 0) is 9.59 Å². The first kappa shape index (κ1) is 21.7. The molecule has 5 nitrogen and oxygen atoms in total. The molecule has 6 heteroatoms. The number of ketones is 1. The van der Waals surface area contributed by atoms with Crippen molar-refractivity contribution in [3.8, 4) is 5.75 Å². The van der Waals surface area contributed by atoms with E-state index < -0.39 is 17.7 Å². The van der Waals surface area contributed by atoms with Crippen LogP contribution in [0.25, 0.3) is 5.76 Å². The standard InChI is InChI=1S/C26H22ClNO4/c1-3-32-20-9-6-8-19(15-20)28-23(21-10-5-4-7-16(21)2)22(25(30)26(28)31)24(29)17-11-13-18(27)14-12-17/h4-15,23,29H,3H2,1-2H3/b24-22+. The molecule has 1 unspecified atom stereocenters. The molecule has 1 aliphatic heterocycles. The number of nitrogens with zero attached hydrogens (tertiary/aromatic N) is 1. The Kier molecular flexibility index (Phi) is 6.01. The molecule has 0 saturated carbocycles. The number of hydrogen-bond acceptors (Lipinski definition) is 4. The summed E-state index contributed by atoms with van der Waals surface area (Å²) in [6.45, 7) is 4.26. The predicted molar refractivity (Wildman–Crippen MR) is 125 cm³/mol. The SMILES string of the molecule is CCOc1cccc(N2C(=O)C(=O)/C(=C(/O)c3ccc(Cl)cc3)C2c2ccccc2C)c1. The number of rotatable bonds is 5. The van der Waals surface area contributed by atoms with Crippen molar-refractivity contribution < 1.29 is 19.4 Å². The summed E-state index contributed by atoms with van der Waals surface area (Å²) in [6, 6.07) is 20.3. The molecule has 0 aliphatic carbocycles. The predicted octanol–water partition coefficient (Wildman–Crippen LogP) is 5.67. The molecule has 1 heterocycles. The van der Waals surface area contributed by atoms with Crippen LogP contribution in [0.3, 0.4) is 0 Å². The van der Waals surface area contributed by atoms with Gasteiger partial charge in [0, 0.05) is 22.3 Å². The minimum absolute atomic E-state index is 0.0356. The molecule has 1 fully saturated rings. The van der Waals surface area contributed by atoms with Gasteiger partial charge in [-0.1, -0.05) is 41.9 Å². The van der Waals surface area contributed by atoms with Gasteiger partial charge >= 0.3 is 0 Å². The van der Waals surface area contributed by atoms with E-state index in [-0.39, 0.29) is 11.3 Å². The minimum atomic E-state index is -0.788. The summed E-state index contributed by atoms with van der Waals surface area (Å²) < 4.78 is 5.59. The summed E-state index contributed by atoms with van der Waals surface area (Å²) in [6.07, 6.45) is 0. The van der Waals surface area contributed by atoms with Gasteiger partial charge < -0.3 is 9.84 Å². The number of benzene rings is 3. The second-order valence-electron chi connectivity index (χ2n) is 7.46. The quantitative estimate of drug-likeness (QED) is 0.310. The van der Waals surface area contributed by atoms with Crippen molar-refractivity contribution in [2.45, 2.75) is 19.9 Å². The Morgan fingerprint density at radius 1 is 1.03 bits per heavy atom. The molecular formula is C26H22ClNO4. The van der Waals surface area contributed by atoms with Crippen LogP contribution in [0.15, 0.2) is 78.4 Å². The highest BCUT2D eigenvalue weighted by Crippen LogP contribution is 2.43. The molecular weight excluding hydrogens is 426 g/mol.